The molecule has 7 nitrogen and oxygen atoms in total. The van der Waals surface area contributed by atoms with Crippen LogP contribution in [0.15, 0.2) is 54.7 Å². The van der Waals surface area contributed by atoms with Crippen molar-refractivity contribution in [3.8, 4) is 11.3 Å². The fourth-order valence-corrected chi connectivity index (χ4v) is 4.50. The number of pyridine rings is 1. The number of carbonyl (C=O) groups is 1. The van der Waals surface area contributed by atoms with Crippen LogP contribution in [0.1, 0.15) is 49.2 Å². The van der Waals surface area contributed by atoms with E-state index in [9.17, 15) is 13.6 Å². The van der Waals surface area contributed by atoms with Crippen LogP contribution in [0.4, 0.5) is 14.6 Å². The van der Waals surface area contributed by atoms with Crippen molar-refractivity contribution in [2.24, 2.45) is 0 Å². The average Bonchev–Trinajstić information content (AvgIpc) is 2.88. The summed E-state index contributed by atoms with van der Waals surface area (Å²) in [6.45, 7) is 4.77. The number of amides is 1. The number of halogens is 2. The van der Waals surface area contributed by atoms with E-state index in [4.69, 9.17) is 4.74 Å². The van der Waals surface area contributed by atoms with Crippen LogP contribution in [0.5, 0.6) is 0 Å². The Morgan fingerprint density at radius 1 is 1.17 bits per heavy atom. The summed E-state index contributed by atoms with van der Waals surface area (Å²) >= 11 is 0. The summed E-state index contributed by atoms with van der Waals surface area (Å²) < 4.78 is 33.8. The van der Waals surface area contributed by atoms with Gasteiger partial charge < -0.3 is 15.4 Å². The van der Waals surface area contributed by atoms with Gasteiger partial charge in [0.2, 0.25) is 0 Å². The molecular formula is C27H31F2N5O2. The zero-order chi connectivity index (χ0) is 25.5. The lowest BCUT2D eigenvalue weighted by atomic mass is 9.81. The van der Waals surface area contributed by atoms with Gasteiger partial charge in [-0.2, -0.15) is 0 Å². The number of nitrogens with one attached hydrogen (secondary N) is 2. The van der Waals surface area contributed by atoms with Gasteiger partial charge in [-0.25, -0.2) is 8.78 Å². The monoisotopic (exact) mass is 495 g/mol. The molecule has 1 aliphatic heterocycles. The predicted molar refractivity (Wildman–Crippen MR) is 134 cm³/mol. The molecule has 0 bridgehead atoms. The number of carbonyl (C=O) groups excluding carboxylic acids is 1. The summed E-state index contributed by atoms with van der Waals surface area (Å²) in [7, 11) is 0. The Bertz CT molecular complexity index is 1170. The third-order valence-corrected chi connectivity index (χ3v) is 6.36. The van der Waals surface area contributed by atoms with Crippen LogP contribution < -0.4 is 10.6 Å². The molecule has 0 spiro atoms. The number of hydrogen-bond acceptors (Lipinski definition) is 6. The molecule has 2 atom stereocenters. The van der Waals surface area contributed by atoms with Gasteiger partial charge in [0, 0.05) is 48.5 Å². The minimum Gasteiger partial charge on any atom is -0.381 e. The summed E-state index contributed by atoms with van der Waals surface area (Å²) in [5, 5.41) is 14.7. The molecule has 0 aliphatic carbocycles. The number of alkyl halides is 1. The highest BCUT2D eigenvalue weighted by Crippen LogP contribution is 2.31. The first-order chi connectivity index (χ1) is 17.3. The largest absolute Gasteiger partial charge is 0.381 e. The first-order valence-electron chi connectivity index (χ1n) is 12.2. The maximum absolute atomic E-state index is 14.4. The quantitative estimate of drug-likeness (QED) is 0.447. The van der Waals surface area contributed by atoms with Crippen LogP contribution in [-0.2, 0) is 10.2 Å². The van der Waals surface area contributed by atoms with Crippen molar-refractivity contribution in [2.45, 2.75) is 50.7 Å². The SMILES string of the molecule is C[C@H](F)C[C@@](C)(CNc1ccc(-c2cccc(C(=O)NC3CCOCC3)c2)nn1)c1ncccc1F. The Morgan fingerprint density at radius 3 is 2.67 bits per heavy atom. The molecule has 2 aromatic heterocycles. The molecule has 1 saturated heterocycles. The second-order valence-corrected chi connectivity index (χ2v) is 9.48. The Kier molecular flexibility index (Phi) is 8.20. The van der Waals surface area contributed by atoms with Crippen LogP contribution >= 0.6 is 0 Å². The number of anilines is 1. The molecule has 9 heteroatoms. The van der Waals surface area contributed by atoms with Crippen molar-refractivity contribution in [3.05, 3.63) is 71.8 Å². The highest BCUT2D eigenvalue weighted by Gasteiger charge is 2.33. The van der Waals surface area contributed by atoms with Crippen LogP contribution in [0.25, 0.3) is 11.3 Å². The van der Waals surface area contributed by atoms with Crippen molar-refractivity contribution >= 4 is 11.7 Å². The van der Waals surface area contributed by atoms with Crippen LogP contribution in [-0.4, -0.2) is 53.1 Å². The fraction of sp³-hybridized carbons (Fsp3) is 0.407. The first-order valence-corrected chi connectivity index (χ1v) is 12.2. The number of ether oxygens (including phenoxy) is 1. The third kappa shape index (κ3) is 6.40. The second-order valence-electron chi connectivity index (χ2n) is 9.48. The number of nitrogens with zero attached hydrogens (tertiary/aromatic N) is 3. The standard InChI is InChI=1S/C27H31F2N5O2/c1-18(28)16-27(2,25-22(29)7-4-12-30-25)17-31-24-9-8-23(33-34-24)19-5-3-6-20(15-19)26(35)32-21-10-13-36-14-11-21/h3-9,12,15,18,21H,10-11,13-14,16-17H2,1-2H3,(H,31,34)(H,32,35)/t18-,27-/m0/s1. The average molecular weight is 496 g/mol. The molecule has 1 amide bonds. The van der Waals surface area contributed by atoms with E-state index in [1.54, 1.807) is 31.2 Å². The Hall–Kier alpha value is -3.46. The normalized spacial score (nSPS) is 16.7. The smallest absolute Gasteiger partial charge is 0.251 e. The van der Waals surface area contributed by atoms with E-state index in [1.165, 1.54) is 25.3 Å². The molecule has 2 N–H and O–H groups in total. The molecule has 1 aliphatic rings. The zero-order valence-corrected chi connectivity index (χ0v) is 20.5. The summed E-state index contributed by atoms with van der Waals surface area (Å²) in [6, 6.07) is 13.7. The topological polar surface area (TPSA) is 89.0 Å². The minimum absolute atomic E-state index is 0.0994. The van der Waals surface area contributed by atoms with Gasteiger partial charge in [0.15, 0.2) is 0 Å². The van der Waals surface area contributed by atoms with E-state index in [2.05, 4.69) is 25.8 Å². The van der Waals surface area contributed by atoms with E-state index in [-0.39, 0.29) is 30.6 Å². The molecule has 4 rings (SSSR count). The molecule has 3 aromatic rings. The Labute approximate surface area is 209 Å². The molecule has 0 saturated carbocycles. The van der Waals surface area contributed by atoms with E-state index in [0.29, 0.717) is 30.3 Å². The lowest BCUT2D eigenvalue weighted by Crippen LogP contribution is -2.38. The van der Waals surface area contributed by atoms with Crippen LogP contribution in [0.3, 0.4) is 0 Å². The maximum atomic E-state index is 14.4. The Balaban J connectivity index is 1.44. The molecule has 3 heterocycles. The Morgan fingerprint density at radius 2 is 1.97 bits per heavy atom. The van der Waals surface area contributed by atoms with Crippen molar-refractivity contribution in [1.82, 2.24) is 20.5 Å². The van der Waals surface area contributed by atoms with E-state index in [1.807, 2.05) is 12.1 Å². The molecule has 36 heavy (non-hydrogen) atoms. The molecule has 0 radical (unpaired) electrons. The van der Waals surface area contributed by atoms with Gasteiger partial charge in [-0.1, -0.05) is 19.1 Å². The third-order valence-electron chi connectivity index (χ3n) is 6.36. The van der Waals surface area contributed by atoms with Gasteiger partial charge in [-0.05, 0) is 62.6 Å². The van der Waals surface area contributed by atoms with Crippen LogP contribution in [0, 0.1) is 5.82 Å². The number of aromatic nitrogens is 3. The van der Waals surface area contributed by atoms with Crippen molar-refractivity contribution in [2.75, 3.05) is 25.1 Å². The first kappa shape index (κ1) is 25.6. The molecule has 190 valence electrons. The van der Waals surface area contributed by atoms with Crippen molar-refractivity contribution in [3.63, 3.8) is 0 Å². The maximum Gasteiger partial charge on any atom is 0.251 e. The van der Waals surface area contributed by atoms with Gasteiger partial charge in [0.05, 0.1) is 17.6 Å². The highest BCUT2D eigenvalue weighted by molar-refractivity contribution is 5.95. The fourth-order valence-electron chi connectivity index (χ4n) is 4.50. The summed E-state index contributed by atoms with van der Waals surface area (Å²) in [4.78, 5) is 16.9. The van der Waals surface area contributed by atoms with Crippen molar-refractivity contribution < 1.29 is 18.3 Å². The second kappa shape index (κ2) is 11.5. The predicted octanol–water partition coefficient (Wildman–Crippen LogP) is 4.70. The summed E-state index contributed by atoms with van der Waals surface area (Å²) in [5.74, 6) is -0.121. The number of hydrogen-bond donors (Lipinski definition) is 2. The lowest BCUT2D eigenvalue weighted by Gasteiger charge is -2.30. The van der Waals surface area contributed by atoms with Gasteiger partial charge in [-0.15, -0.1) is 10.2 Å². The van der Waals surface area contributed by atoms with E-state index < -0.39 is 17.4 Å². The minimum atomic E-state index is -1.14. The molecule has 0 unspecified atom stereocenters. The van der Waals surface area contributed by atoms with E-state index >= 15 is 0 Å². The van der Waals surface area contributed by atoms with Crippen LogP contribution in [0.2, 0.25) is 0 Å². The molecule has 1 fully saturated rings. The van der Waals surface area contributed by atoms with Crippen molar-refractivity contribution in [1.29, 1.82) is 0 Å². The summed E-state index contributed by atoms with van der Waals surface area (Å²) in [5.41, 5.74) is 1.25. The zero-order valence-electron chi connectivity index (χ0n) is 20.5. The van der Waals surface area contributed by atoms with Gasteiger partial charge in [0.1, 0.15) is 11.6 Å². The molecular weight excluding hydrogens is 464 g/mol. The summed E-state index contributed by atoms with van der Waals surface area (Å²) in [6.07, 6.45) is 2.08. The van der Waals surface area contributed by atoms with Gasteiger partial charge in [-0.3, -0.25) is 9.78 Å². The molecule has 1 aromatic carbocycles. The van der Waals surface area contributed by atoms with Gasteiger partial charge in [0.25, 0.3) is 5.91 Å². The van der Waals surface area contributed by atoms with Gasteiger partial charge >= 0.3 is 0 Å². The number of benzene rings is 1. The van der Waals surface area contributed by atoms with E-state index in [0.717, 1.165) is 18.4 Å². The highest BCUT2D eigenvalue weighted by atomic mass is 19.1. The lowest BCUT2D eigenvalue weighted by molar-refractivity contribution is 0.0696. The number of rotatable bonds is 9.